The van der Waals surface area contributed by atoms with E-state index in [-0.39, 0.29) is 17.3 Å². The summed E-state index contributed by atoms with van der Waals surface area (Å²) in [5.41, 5.74) is 8.22. The monoisotopic (exact) mass is 426 g/mol. The fourth-order valence-corrected chi connectivity index (χ4v) is 3.63. The van der Waals surface area contributed by atoms with E-state index < -0.39 is 12.7 Å². The molecule has 3 aromatic rings. The lowest BCUT2D eigenvalue weighted by Gasteiger charge is -2.32. The van der Waals surface area contributed by atoms with Gasteiger partial charge in [0.05, 0.1) is 11.7 Å². The van der Waals surface area contributed by atoms with E-state index >= 15 is 0 Å². The second-order valence-corrected chi connectivity index (χ2v) is 9.06. The van der Waals surface area contributed by atoms with Crippen molar-refractivity contribution in [2.24, 2.45) is 11.1 Å². The van der Waals surface area contributed by atoms with Crippen LogP contribution in [0.5, 0.6) is 0 Å². The maximum Gasteiger partial charge on any atom is 0.127 e. The average Bonchev–Trinajstić information content (AvgIpc) is 3.14. The molecule has 6 heteroatoms. The second kappa shape index (κ2) is 10.2. The number of imidazole rings is 1. The topological polar surface area (TPSA) is 55.9 Å². The van der Waals surface area contributed by atoms with Crippen LogP contribution in [0.3, 0.4) is 0 Å². The molecule has 0 saturated carbocycles. The first-order valence-corrected chi connectivity index (χ1v) is 10.7. The van der Waals surface area contributed by atoms with Crippen molar-refractivity contribution in [1.29, 1.82) is 0 Å². The van der Waals surface area contributed by atoms with Gasteiger partial charge in [-0.2, -0.15) is 0 Å². The van der Waals surface area contributed by atoms with E-state index in [0.717, 1.165) is 22.6 Å². The largest absolute Gasteiger partial charge is 0.329 e. The Hall–Kier alpha value is -2.57. The van der Waals surface area contributed by atoms with Crippen LogP contribution < -0.4 is 11.1 Å². The van der Waals surface area contributed by atoms with Gasteiger partial charge < -0.3 is 15.6 Å². The predicted molar refractivity (Wildman–Crippen MR) is 122 cm³/mol. The van der Waals surface area contributed by atoms with Crippen molar-refractivity contribution in [2.45, 2.75) is 45.8 Å². The first-order chi connectivity index (χ1) is 14.8. The lowest BCUT2D eigenvalue weighted by molar-refractivity contribution is 0.252. The summed E-state index contributed by atoms with van der Waals surface area (Å²) < 4.78 is 28.8. The lowest BCUT2D eigenvalue weighted by atomic mass is 9.86. The minimum absolute atomic E-state index is 0.0923. The highest BCUT2D eigenvalue weighted by Gasteiger charge is 2.30. The molecule has 0 radical (unpaired) electrons. The molecule has 0 bridgehead atoms. The number of hydrogen-bond acceptors (Lipinski definition) is 3. The molecule has 2 atom stereocenters. The third-order valence-electron chi connectivity index (χ3n) is 5.31. The van der Waals surface area contributed by atoms with Crippen LogP contribution in [0.25, 0.3) is 11.3 Å². The molecule has 31 heavy (non-hydrogen) atoms. The van der Waals surface area contributed by atoms with E-state index in [1.807, 2.05) is 30.5 Å². The Labute approximate surface area is 183 Å². The van der Waals surface area contributed by atoms with E-state index in [4.69, 9.17) is 10.7 Å². The van der Waals surface area contributed by atoms with Gasteiger partial charge in [0.1, 0.15) is 18.3 Å². The molecule has 1 heterocycles. The Kier molecular flexibility index (Phi) is 7.57. The van der Waals surface area contributed by atoms with Crippen LogP contribution in [0.2, 0.25) is 0 Å². The summed E-state index contributed by atoms with van der Waals surface area (Å²) in [6.45, 7) is 7.13. The average molecular weight is 427 g/mol. The number of hydrogen-bond donors (Lipinski definition) is 2. The number of aromatic nitrogens is 2. The van der Waals surface area contributed by atoms with E-state index in [1.165, 1.54) is 12.1 Å². The standard InChI is InChI=1S/C25H32F2N4/c1-25(2,3)23(29-13-12-21(28)15-26)24-30-22(19-10-7-11-20(27)14-19)17-31(24)16-18-8-5-4-6-9-18/h4-11,14,17,21,23,29H,12-13,15-16,28H2,1-3H3/t21-,23+/m1/s1. The number of nitrogens with zero attached hydrogens (tertiary/aromatic N) is 2. The number of halogens is 2. The predicted octanol–water partition coefficient (Wildman–Crippen LogP) is 5.10. The Balaban J connectivity index is 1.99. The number of alkyl halides is 1. The maximum absolute atomic E-state index is 13.8. The van der Waals surface area contributed by atoms with Crippen molar-refractivity contribution in [2.75, 3.05) is 13.2 Å². The molecule has 2 aromatic carbocycles. The molecule has 166 valence electrons. The van der Waals surface area contributed by atoms with Crippen LogP contribution in [0, 0.1) is 11.2 Å². The van der Waals surface area contributed by atoms with Gasteiger partial charge in [0.15, 0.2) is 0 Å². The Bertz CT molecular complexity index is 963. The SMILES string of the molecule is CC(C)(C)[C@@H](NCC[C@@H](N)CF)c1nc(-c2cccc(F)c2)cn1Cc1ccccc1. The quantitative estimate of drug-likeness (QED) is 0.500. The van der Waals surface area contributed by atoms with Crippen molar-refractivity contribution in [3.8, 4) is 11.3 Å². The molecule has 3 rings (SSSR count). The zero-order chi connectivity index (χ0) is 22.4. The second-order valence-electron chi connectivity index (χ2n) is 9.06. The number of rotatable bonds is 9. The van der Waals surface area contributed by atoms with Crippen LogP contribution in [0.1, 0.15) is 44.6 Å². The Morgan fingerprint density at radius 2 is 1.84 bits per heavy atom. The van der Waals surface area contributed by atoms with Crippen molar-refractivity contribution in [3.05, 3.63) is 78.0 Å². The minimum atomic E-state index is -0.534. The zero-order valence-electron chi connectivity index (χ0n) is 18.5. The lowest BCUT2D eigenvalue weighted by Crippen LogP contribution is -2.37. The third kappa shape index (κ3) is 6.21. The van der Waals surface area contributed by atoms with Crippen molar-refractivity contribution in [3.63, 3.8) is 0 Å². The van der Waals surface area contributed by atoms with Crippen molar-refractivity contribution >= 4 is 0 Å². The van der Waals surface area contributed by atoms with Gasteiger partial charge in [0.25, 0.3) is 0 Å². The summed E-state index contributed by atoms with van der Waals surface area (Å²) in [7, 11) is 0. The zero-order valence-corrected chi connectivity index (χ0v) is 18.5. The summed E-state index contributed by atoms with van der Waals surface area (Å²) in [4.78, 5) is 4.93. The van der Waals surface area contributed by atoms with Crippen LogP contribution in [0.15, 0.2) is 60.8 Å². The van der Waals surface area contributed by atoms with Crippen LogP contribution >= 0.6 is 0 Å². The Morgan fingerprint density at radius 1 is 1.10 bits per heavy atom. The maximum atomic E-state index is 13.8. The van der Waals surface area contributed by atoms with E-state index in [2.05, 4.69) is 42.8 Å². The fourth-order valence-electron chi connectivity index (χ4n) is 3.63. The minimum Gasteiger partial charge on any atom is -0.329 e. The molecule has 0 aliphatic heterocycles. The smallest absolute Gasteiger partial charge is 0.127 e. The first-order valence-electron chi connectivity index (χ1n) is 10.7. The highest BCUT2D eigenvalue weighted by Crippen LogP contribution is 2.34. The van der Waals surface area contributed by atoms with E-state index in [0.29, 0.717) is 19.5 Å². The molecule has 0 fully saturated rings. The number of benzene rings is 2. The van der Waals surface area contributed by atoms with Gasteiger partial charge in [-0.3, -0.25) is 0 Å². The molecule has 0 amide bonds. The Morgan fingerprint density at radius 3 is 2.48 bits per heavy atom. The molecule has 1 aromatic heterocycles. The number of nitrogens with one attached hydrogen (secondary N) is 1. The first kappa shape index (κ1) is 23.1. The summed E-state index contributed by atoms with van der Waals surface area (Å²) >= 11 is 0. The van der Waals surface area contributed by atoms with Gasteiger partial charge in [0, 0.05) is 24.3 Å². The molecule has 0 unspecified atom stereocenters. The van der Waals surface area contributed by atoms with Gasteiger partial charge in [0.2, 0.25) is 0 Å². The van der Waals surface area contributed by atoms with Gasteiger partial charge in [-0.25, -0.2) is 13.8 Å². The molecule has 0 aliphatic carbocycles. The summed E-state index contributed by atoms with van der Waals surface area (Å²) in [5.74, 6) is 0.576. The number of nitrogens with two attached hydrogens (primary N) is 1. The normalized spacial score (nSPS) is 13.9. The van der Waals surface area contributed by atoms with Crippen molar-refractivity contribution in [1.82, 2.24) is 14.9 Å². The van der Waals surface area contributed by atoms with Crippen LogP contribution in [-0.4, -0.2) is 28.8 Å². The van der Waals surface area contributed by atoms with Crippen LogP contribution in [-0.2, 0) is 6.54 Å². The van der Waals surface area contributed by atoms with E-state index in [1.54, 1.807) is 6.07 Å². The van der Waals surface area contributed by atoms with Crippen LogP contribution in [0.4, 0.5) is 8.78 Å². The third-order valence-corrected chi connectivity index (χ3v) is 5.31. The molecular formula is C25H32F2N4. The molecule has 4 nitrogen and oxygen atoms in total. The van der Waals surface area contributed by atoms with E-state index in [9.17, 15) is 8.78 Å². The summed E-state index contributed by atoms with van der Waals surface area (Å²) in [6.07, 6.45) is 2.52. The molecular weight excluding hydrogens is 394 g/mol. The highest BCUT2D eigenvalue weighted by molar-refractivity contribution is 5.58. The molecule has 0 spiro atoms. The summed E-state index contributed by atoms with van der Waals surface area (Å²) in [5, 5.41) is 3.54. The highest BCUT2D eigenvalue weighted by atomic mass is 19.1. The molecule has 3 N–H and O–H groups in total. The molecule has 0 aliphatic rings. The van der Waals surface area contributed by atoms with Crippen molar-refractivity contribution < 1.29 is 8.78 Å². The van der Waals surface area contributed by atoms with Gasteiger partial charge >= 0.3 is 0 Å². The molecule has 0 saturated heterocycles. The van der Waals surface area contributed by atoms with Gasteiger partial charge in [-0.1, -0.05) is 63.2 Å². The van der Waals surface area contributed by atoms with Gasteiger partial charge in [-0.05, 0) is 36.1 Å². The fraction of sp³-hybridized carbons (Fsp3) is 0.400. The summed E-state index contributed by atoms with van der Waals surface area (Å²) in [6, 6.07) is 16.1. The van der Waals surface area contributed by atoms with Gasteiger partial charge in [-0.15, -0.1) is 0 Å².